The fourth-order valence-electron chi connectivity index (χ4n) is 2.45. The first-order valence-electron chi connectivity index (χ1n) is 7.17. The average molecular weight is 405 g/mol. The number of halogens is 1. The van der Waals surface area contributed by atoms with Crippen LogP contribution in [0.4, 0.5) is 5.69 Å². The lowest BCUT2D eigenvalue weighted by molar-refractivity contribution is -0.116. The van der Waals surface area contributed by atoms with Crippen molar-refractivity contribution in [3.8, 4) is 0 Å². The summed E-state index contributed by atoms with van der Waals surface area (Å²) in [5.74, 6) is 0.887. The van der Waals surface area contributed by atoms with Gasteiger partial charge in [-0.2, -0.15) is 0 Å². The average Bonchev–Trinajstić information content (AvgIpc) is 2.87. The Labute approximate surface area is 142 Å². The first-order chi connectivity index (χ1) is 10.7. The number of anilines is 1. The number of carbonyl (C=O) groups excluding carboxylic acids is 1. The van der Waals surface area contributed by atoms with Crippen LogP contribution < -0.4 is 5.32 Å². The Kier molecular flexibility index (Phi) is 4.42. The summed E-state index contributed by atoms with van der Waals surface area (Å²) in [7, 11) is 0. The van der Waals surface area contributed by atoms with E-state index in [1.54, 1.807) is 0 Å². The molecule has 0 aliphatic carbocycles. The number of aromatic nitrogens is 2. The summed E-state index contributed by atoms with van der Waals surface area (Å²) < 4.78 is 3.13. The van der Waals surface area contributed by atoms with Gasteiger partial charge in [-0.1, -0.05) is 19.1 Å². The Balaban J connectivity index is 1.83. The van der Waals surface area contributed by atoms with E-state index in [0.717, 1.165) is 32.5 Å². The Bertz CT molecular complexity index is 808. The molecule has 0 radical (unpaired) electrons. The van der Waals surface area contributed by atoms with Gasteiger partial charge in [0.2, 0.25) is 5.91 Å². The number of rotatable bonds is 4. The lowest BCUT2D eigenvalue weighted by atomic mass is 10.3. The largest absolute Gasteiger partial charge is 0.325 e. The monoisotopic (exact) mass is 405 g/mol. The zero-order valence-electron chi connectivity index (χ0n) is 12.2. The Morgan fingerprint density at radius 3 is 2.64 bits per heavy atom. The zero-order valence-corrected chi connectivity index (χ0v) is 14.4. The molecule has 3 aromatic rings. The van der Waals surface area contributed by atoms with Crippen molar-refractivity contribution in [2.24, 2.45) is 0 Å². The molecular weight excluding hydrogens is 389 g/mol. The van der Waals surface area contributed by atoms with E-state index in [0.29, 0.717) is 0 Å². The molecule has 0 atom stereocenters. The van der Waals surface area contributed by atoms with Crippen LogP contribution in [-0.2, 0) is 17.8 Å². The van der Waals surface area contributed by atoms with Crippen molar-refractivity contribution in [3.05, 3.63) is 57.9 Å². The molecule has 3 rings (SSSR count). The van der Waals surface area contributed by atoms with E-state index in [2.05, 4.69) is 39.8 Å². The highest BCUT2D eigenvalue weighted by Gasteiger charge is 2.12. The maximum absolute atomic E-state index is 12.3. The number of nitrogens with one attached hydrogen (secondary N) is 1. The number of para-hydroxylation sites is 2. The van der Waals surface area contributed by atoms with Gasteiger partial charge in [0.15, 0.2) is 0 Å². The molecule has 0 unspecified atom stereocenters. The molecular formula is C17H16IN3O. The summed E-state index contributed by atoms with van der Waals surface area (Å²) in [6.07, 6.45) is 0.797. The van der Waals surface area contributed by atoms with Crippen molar-refractivity contribution in [1.82, 2.24) is 9.55 Å². The van der Waals surface area contributed by atoms with Crippen LogP contribution in [0.2, 0.25) is 0 Å². The van der Waals surface area contributed by atoms with Gasteiger partial charge in [0, 0.05) is 15.7 Å². The fourth-order valence-corrected chi connectivity index (χ4v) is 2.81. The first kappa shape index (κ1) is 15.0. The number of carbonyl (C=O) groups is 1. The number of benzene rings is 2. The highest BCUT2D eigenvalue weighted by molar-refractivity contribution is 14.1. The van der Waals surface area contributed by atoms with Gasteiger partial charge in [0.25, 0.3) is 0 Å². The summed E-state index contributed by atoms with van der Waals surface area (Å²) in [6.45, 7) is 2.32. The highest BCUT2D eigenvalue weighted by Crippen LogP contribution is 2.17. The number of hydrogen-bond donors (Lipinski definition) is 1. The van der Waals surface area contributed by atoms with Crippen molar-refractivity contribution in [2.75, 3.05) is 5.32 Å². The lowest BCUT2D eigenvalue weighted by Crippen LogP contribution is -2.20. The van der Waals surface area contributed by atoms with E-state index >= 15 is 0 Å². The second-order valence-electron chi connectivity index (χ2n) is 5.01. The Morgan fingerprint density at radius 2 is 1.91 bits per heavy atom. The molecule has 0 saturated carbocycles. The van der Waals surface area contributed by atoms with E-state index in [4.69, 9.17) is 0 Å². The normalized spacial score (nSPS) is 10.8. The number of hydrogen-bond acceptors (Lipinski definition) is 2. The quantitative estimate of drug-likeness (QED) is 0.671. The number of nitrogens with zero attached hydrogens (tertiary/aromatic N) is 2. The van der Waals surface area contributed by atoms with Crippen molar-refractivity contribution in [1.29, 1.82) is 0 Å². The first-order valence-corrected chi connectivity index (χ1v) is 8.25. The van der Waals surface area contributed by atoms with Crippen molar-refractivity contribution < 1.29 is 4.79 Å². The zero-order chi connectivity index (χ0) is 15.5. The molecule has 0 bridgehead atoms. The molecule has 0 fully saturated rings. The molecule has 0 aliphatic heterocycles. The van der Waals surface area contributed by atoms with Crippen LogP contribution in [-0.4, -0.2) is 15.5 Å². The molecule has 1 amide bonds. The molecule has 1 heterocycles. The van der Waals surface area contributed by atoms with Crippen LogP contribution in [0.5, 0.6) is 0 Å². The number of fused-ring (bicyclic) bond motifs is 1. The third kappa shape index (κ3) is 3.14. The Morgan fingerprint density at radius 1 is 1.18 bits per heavy atom. The molecule has 1 N–H and O–H groups in total. The number of aryl methyl sites for hydroxylation is 1. The summed E-state index contributed by atoms with van der Waals surface area (Å²) in [5, 5.41) is 2.93. The van der Waals surface area contributed by atoms with E-state index in [-0.39, 0.29) is 12.5 Å². The van der Waals surface area contributed by atoms with Gasteiger partial charge in [-0.25, -0.2) is 4.98 Å². The third-order valence-electron chi connectivity index (χ3n) is 3.48. The van der Waals surface area contributed by atoms with Gasteiger partial charge in [-0.3, -0.25) is 4.79 Å². The van der Waals surface area contributed by atoms with E-state index in [1.807, 2.05) is 53.1 Å². The number of amides is 1. The van der Waals surface area contributed by atoms with Crippen LogP contribution in [0, 0.1) is 3.57 Å². The smallest absolute Gasteiger partial charge is 0.244 e. The fraction of sp³-hybridized carbons (Fsp3) is 0.176. The van der Waals surface area contributed by atoms with E-state index in [9.17, 15) is 4.79 Å². The predicted molar refractivity (Wildman–Crippen MR) is 96.9 cm³/mol. The van der Waals surface area contributed by atoms with E-state index < -0.39 is 0 Å². The third-order valence-corrected chi connectivity index (χ3v) is 4.20. The van der Waals surface area contributed by atoms with Crippen molar-refractivity contribution in [2.45, 2.75) is 19.9 Å². The van der Waals surface area contributed by atoms with Gasteiger partial charge in [0.1, 0.15) is 12.4 Å². The predicted octanol–water partition coefficient (Wildman–Crippen LogP) is 3.84. The second-order valence-corrected chi connectivity index (χ2v) is 6.26. The molecule has 2 aromatic carbocycles. The second kappa shape index (κ2) is 6.48. The molecule has 5 heteroatoms. The highest BCUT2D eigenvalue weighted by atomic mass is 127. The minimum Gasteiger partial charge on any atom is -0.325 e. The lowest BCUT2D eigenvalue weighted by Gasteiger charge is -2.09. The van der Waals surface area contributed by atoms with Gasteiger partial charge < -0.3 is 9.88 Å². The number of imidazole rings is 1. The van der Waals surface area contributed by atoms with Crippen molar-refractivity contribution >= 4 is 45.2 Å². The molecule has 0 spiro atoms. The summed E-state index contributed by atoms with van der Waals surface area (Å²) in [4.78, 5) is 16.9. The van der Waals surface area contributed by atoms with Gasteiger partial charge in [-0.05, 0) is 59.0 Å². The molecule has 0 saturated heterocycles. The van der Waals surface area contributed by atoms with Gasteiger partial charge in [0.05, 0.1) is 11.0 Å². The summed E-state index contributed by atoms with van der Waals surface area (Å²) in [5.41, 5.74) is 2.74. The van der Waals surface area contributed by atoms with Gasteiger partial charge in [-0.15, -0.1) is 0 Å². The van der Waals surface area contributed by atoms with Gasteiger partial charge >= 0.3 is 0 Å². The van der Waals surface area contributed by atoms with Crippen LogP contribution in [0.25, 0.3) is 11.0 Å². The molecule has 0 aliphatic rings. The SMILES string of the molecule is CCc1nc2ccccc2n1CC(=O)Nc1ccc(I)cc1. The van der Waals surface area contributed by atoms with Crippen LogP contribution >= 0.6 is 22.6 Å². The van der Waals surface area contributed by atoms with Crippen LogP contribution in [0.15, 0.2) is 48.5 Å². The minimum atomic E-state index is -0.0425. The molecule has 22 heavy (non-hydrogen) atoms. The maximum Gasteiger partial charge on any atom is 0.244 e. The van der Waals surface area contributed by atoms with Crippen molar-refractivity contribution in [3.63, 3.8) is 0 Å². The Hall–Kier alpha value is -1.89. The molecule has 112 valence electrons. The molecule has 4 nitrogen and oxygen atoms in total. The standard InChI is InChI=1S/C17H16IN3O/c1-2-16-20-14-5-3-4-6-15(14)21(16)11-17(22)19-13-9-7-12(18)8-10-13/h3-10H,2,11H2,1H3,(H,19,22). The maximum atomic E-state index is 12.3. The molecule has 1 aromatic heterocycles. The van der Waals surface area contributed by atoms with Crippen LogP contribution in [0.3, 0.4) is 0 Å². The van der Waals surface area contributed by atoms with E-state index in [1.165, 1.54) is 0 Å². The summed E-state index contributed by atoms with van der Waals surface area (Å²) >= 11 is 2.24. The van der Waals surface area contributed by atoms with Crippen LogP contribution in [0.1, 0.15) is 12.7 Å². The minimum absolute atomic E-state index is 0.0425. The summed E-state index contributed by atoms with van der Waals surface area (Å²) in [6, 6.07) is 15.7. The topological polar surface area (TPSA) is 46.9 Å².